The lowest BCUT2D eigenvalue weighted by Crippen LogP contribution is -2.31. The highest BCUT2D eigenvalue weighted by atomic mass is 32.1. The monoisotopic (exact) mass is 324 g/mol. The number of nitrogens with zero attached hydrogens (tertiary/aromatic N) is 1. The van der Waals surface area contributed by atoms with Gasteiger partial charge < -0.3 is 9.88 Å². The van der Waals surface area contributed by atoms with Crippen molar-refractivity contribution in [2.24, 2.45) is 0 Å². The molecule has 3 rings (SSSR count). The van der Waals surface area contributed by atoms with Crippen LogP contribution in [0.1, 0.15) is 15.2 Å². The molecule has 0 spiro atoms. The van der Waals surface area contributed by atoms with Crippen molar-refractivity contribution < 1.29 is 4.79 Å². The Hall–Kier alpha value is -2.66. The number of pyridine rings is 1. The molecule has 0 bridgehead atoms. The van der Waals surface area contributed by atoms with E-state index in [9.17, 15) is 9.59 Å². The normalized spacial score (nSPS) is 10.5. The third-order valence-electron chi connectivity index (χ3n) is 3.54. The zero-order valence-electron chi connectivity index (χ0n) is 12.7. The average molecular weight is 324 g/mol. The van der Waals surface area contributed by atoms with E-state index in [0.29, 0.717) is 12.2 Å². The molecule has 1 N–H and O–H groups in total. The number of hydrogen-bond donors (Lipinski definition) is 1. The van der Waals surface area contributed by atoms with Gasteiger partial charge in [0.05, 0.1) is 6.54 Å². The van der Waals surface area contributed by atoms with Crippen LogP contribution < -0.4 is 5.56 Å². The summed E-state index contributed by atoms with van der Waals surface area (Å²) in [6.45, 7) is 0.496. The first-order valence-electron chi connectivity index (χ1n) is 7.22. The first-order chi connectivity index (χ1) is 11.1. The second kappa shape index (κ2) is 6.62. The fourth-order valence-corrected chi connectivity index (χ4v) is 3.10. The van der Waals surface area contributed by atoms with Crippen molar-refractivity contribution >= 4 is 17.2 Å². The lowest BCUT2D eigenvalue weighted by molar-refractivity contribution is 0.0784. The SMILES string of the molecule is CN(Cc1cccs1)C(=O)c1ccc(-c2ccccc2)[nH]c1=O. The van der Waals surface area contributed by atoms with Crippen molar-refractivity contribution in [3.63, 3.8) is 0 Å². The number of amides is 1. The van der Waals surface area contributed by atoms with Crippen molar-refractivity contribution in [3.05, 3.63) is 80.8 Å². The largest absolute Gasteiger partial charge is 0.336 e. The van der Waals surface area contributed by atoms with Crippen LogP contribution in [0.2, 0.25) is 0 Å². The maximum atomic E-state index is 12.5. The Labute approximate surface area is 138 Å². The minimum Gasteiger partial charge on any atom is -0.336 e. The van der Waals surface area contributed by atoms with E-state index in [-0.39, 0.29) is 17.0 Å². The number of rotatable bonds is 4. The fraction of sp³-hybridized carbons (Fsp3) is 0.111. The Morgan fingerprint density at radius 1 is 1.09 bits per heavy atom. The number of thiophene rings is 1. The van der Waals surface area contributed by atoms with Gasteiger partial charge in [-0.3, -0.25) is 9.59 Å². The van der Waals surface area contributed by atoms with Crippen LogP contribution in [-0.4, -0.2) is 22.8 Å². The number of H-pyrrole nitrogens is 1. The van der Waals surface area contributed by atoms with Crippen LogP contribution in [0.5, 0.6) is 0 Å². The van der Waals surface area contributed by atoms with Crippen LogP contribution in [0.3, 0.4) is 0 Å². The summed E-state index contributed by atoms with van der Waals surface area (Å²) in [5.41, 5.74) is 1.40. The number of hydrogen-bond acceptors (Lipinski definition) is 3. The molecule has 116 valence electrons. The smallest absolute Gasteiger partial charge is 0.261 e. The van der Waals surface area contributed by atoms with E-state index >= 15 is 0 Å². The predicted molar refractivity (Wildman–Crippen MR) is 92.6 cm³/mol. The lowest BCUT2D eigenvalue weighted by atomic mass is 10.1. The van der Waals surface area contributed by atoms with E-state index in [4.69, 9.17) is 0 Å². The summed E-state index contributed by atoms with van der Waals surface area (Å²) in [7, 11) is 1.70. The minimum absolute atomic E-state index is 0.156. The molecule has 1 amide bonds. The molecule has 3 aromatic rings. The highest BCUT2D eigenvalue weighted by molar-refractivity contribution is 7.09. The Morgan fingerprint density at radius 3 is 2.52 bits per heavy atom. The highest BCUT2D eigenvalue weighted by Crippen LogP contribution is 2.16. The zero-order valence-corrected chi connectivity index (χ0v) is 13.5. The van der Waals surface area contributed by atoms with Crippen molar-refractivity contribution in [2.75, 3.05) is 7.05 Å². The van der Waals surface area contributed by atoms with E-state index in [1.54, 1.807) is 35.4 Å². The average Bonchev–Trinajstić information content (AvgIpc) is 3.08. The molecule has 0 saturated carbocycles. The fourth-order valence-electron chi connectivity index (χ4n) is 2.34. The van der Waals surface area contributed by atoms with E-state index in [1.807, 2.05) is 47.8 Å². The zero-order chi connectivity index (χ0) is 16.2. The standard InChI is InChI=1S/C18H16N2O2S/c1-20(12-14-8-5-11-23-14)18(22)15-9-10-16(19-17(15)21)13-6-3-2-4-7-13/h2-11H,12H2,1H3,(H,19,21). The summed E-state index contributed by atoms with van der Waals surface area (Å²) in [6.07, 6.45) is 0. The molecule has 1 aromatic carbocycles. The van der Waals surface area contributed by atoms with Gasteiger partial charge in [-0.25, -0.2) is 0 Å². The van der Waals surface area contributed by atoms with Gasteiger partial charge in [0.2, 0.25) is 0 Å². The van der Waals surface area contributed by atoms with Gasteiger partial charge >= 0.3 is 0 Å². The maximum Gasteiger partial charge on any atom is 0.261 e. The molecular weight excluding hydrogens is 308 g/mol. The first kappa shape index (κ1) is 15.2. The summed E-state index contributed by atoms with van der Waals surface area (Å²) in [6, 6.07) is 16.8. The van der Waals surface area contributed by atoms with E-state index < -0.39 is 0 Å². The Bertz CT molecular complexity index is 854. The Kier molecular flexibility index (Phi) is 4.39. The van der Waals surface area contributed by atoms with Gasteiger partial charge in [-0.15, -0.1) is 11.3 Å². The maximum absolute atomic E-state index is 12.5. The molecule has 0 atom stereocenters. The number of carbonyl (C=O) groups excluding carboxylic acids is 1. The summed E-state index contributed by atoms with van der Waals surface area (Å²) >= 11 is 1.59. The van der Waals surface area contributed by atoms with Crippen molar-refractivity contribution in [2.45, 2.75) is 6.54 Å². The molecule has 0 fully saturated rings. The topological polar surface area (TPSA) is 53.2 Å². The summed E-state index contributed by atoms with van der Waals surface area (Å²) in [4.78, 5) is 30.1. The number of aromatic amines is 1. The van der Waals surface area contributed by atoms with E-state index in [1.165, 1.54) is 0 Å². The second-order valence-electron chi connectivity index (χ2n) is 5.22. The van der Waals surface area contributed by atoms with Crippen LogP contribution in [0.25, 0.3) is 11.3 Å². The summed E-state index contributed by atoms with van der Waals surface area (Å²) in [5.74, 6) is -0.278. The molecule has 0 aliphatic rings. The second-order valence-corrected chi connectivity index (χ2v) is 6.25. The molecule has 2 heterocycles. The quantitative estimate of drug-likeness (QED) is 0.800. The molecule has 5 heteroatoms. The minimum atomic E-state index is -0.366. The lowest BCUT2D eigenvalue weighted by Gasteiger charge is -2.16. The highest BCUT2D eigenvalue weighted by Gasteiger charge is 2.16. The third-order valence-corrected chi connectivity index (χ3v) is 4.41. The van der Waals surface area contributed by atoms with Crippen LogP contribution in [0.15, 0.2) is 64.8 Å². The van der Waals surface area contributed by atoms with Gasteiger partial charge in [-0.05, 0) is 29.1 Å². The van der Waals surface area contributed by atoms with Crippen molar-refractivity contribution in [3.8, 4) is 11.3 Å². The third kappa shape index (κ3) is 3.40. The van der Waals surface area contributed by atoms with E-state index in [0.717, 1.165) is 10.4 Å². The number of benzene rings is 1. The molecule has 0 radical (unpaired) electrons. The molecule has 0 aliphatic heterocycles. The number of aromatic nitrogens is 1. The van der Waals surface area contributed by atoms with Gasteiger partial charge in [0.25, 0.3) is 11.5 Å². The van der Waals surface area contributed by atoms with Gasteiger partial charge in [0.15, 0.2) is 0 Å². The molecule has 0 saturated heterocycles. The predicted octanol–water partition coefficient (Wildman–Crippen LogP) is 3.38. The molecule has 2 aromatic heterocycles. The van der Waals surface area contributed by atoms with Crippen molar-refractivity contribution in [1.29, 1.82) is 0 Å². The van der Waals surface area contributed by atoms with Gasteiger partial charge in [-0.1, -0.05) is 36.4 Å². The number of carbonyl (C=O) groups is 1. The van der Waals surface area contributed by atoms with Crippen LogP contribution in [0, 0.1) is 0 Å². The molecular formula is C18H16N2O2S. The summed E-state index contributed by atoms with van der Waals surface area (Å²) < 4.78 is 0. The molecule has 23 heavy (non-hydrogen) atoms. The Morgan fingerprint density at radius 2 is 1.87 bits per heavy atom. The molecule has 0 aliphatic carbocycles. The van der Waals surface area contributed by atoms with Crippen LogP contribution in [0.4, 0.5) is 0 Å². The number of nitrogens with one attached hydrogen (secondary N) is 1. The van der Waals surface area contributed by atoms with Crippen LogP contribution in [-0.2, 0) is 6.54 Å². The Balaban J connectivity index is 1.83. The van der Waals surface area contributed by atoms with Gasteiger partial charge in [0.1, 0.15) is 5.56 Å². The van der Waals surface area contributed by atoms with Crippen molar-refractivity contribution in [1.82, 2.24) is 9.88 Å². The van der Waals surface area contributed by atoms with Gasteiger partial charge in [0, 0.05) is 17.6 Å². The van der Waals surface area contributed by atoms with E-state index in [2.05, 4.69) is 4.98 Å². The molecule has 4 nitrogen and oxygen atoms in total. The summed E-state index contributed by atoms with van der Waals surface area (Å²) in [5, 5.41) is 1.97. The molecule has 0 unspecified atom stereocenters. The van der Waals surface area contributed by atoms with Gasteiger partial charge in [-0.2, -0.15) is 0 Å². The first-order valence-corrected chi connectivity index (χ1v) is 8.10. The van der Waals surface area contributed by atoms with Crippen LogP contribution >= 0.6 is 11.3 Å².